The van der Waals surface area contributed by atoms with Gasteiger partial charge in [-0.2, -0.15) is 29.9 Å². The molecule has 0 aliphatic heterocycles. The largest absolute Gasteiger partial charge is 0.368 e. The molecule has 2 heterocycles. The molecule has 0 unspecified atom stereocenters. The highest BCUT2D eigenvalue weighted by atomic mass is 15.1. The molecule has 2 aromatic heterocycles. The molecule has 21 heavy (non-hydrogen) atoms. The van der Waals surface area contributed by atoms with Crippen LogP contribution in [-0.4, -0.2) is 29.9 Å². The fraction of sp³-hybridized carbons (Fsp3) is 0.455. The van der Waals surface area contributed by atoms with Crippen molar-refractivity contribution in [2.24, 2.45) is 0 Å². The summed E-state index contributed by atoms with van der Waals surface area (Å²) in [6, 6.07) is 0. The average molecular weight is 290 g/mol. The molecular formula is C11H18N10. The molecule has 0 bridgehead atoms. The van der Waals surface area contributed by atoms with Crippen LogP contribution in [0.3, 0.4) is 0 Å². The summed E-state index contributed by atoms with van der Waals surface area (Å²) in [7, 11) is 0. The van der Waals surface area contributed by atoms with Gasteiger partial charge in [-0.1, -0.05) is 6.42 Å². The first-order chi connectivity index (χ1) is 10.0. The first kappa shape index (κ1) is 14.6. The zero-order valence-electron chi connectivity index (χ0n) is 11.5. The molecule has 10 heteroatoms. The van der Waals surface area contributed by atoms with Gasteiger partial charge in [-0.05, 0) is 12.8 Å². The summed E-state index contributed by atoms with van der Waals surface area (Å²) in [6.45, 7) is 0. The van der Waals surface area contributed by atoms with Crippen molar-refractivity contribution in [2.75, 3.05) is 22.9 Å². The summed E-state index contributed by atoms with van der Waals surface area (Å²) in [6.07, 6.45) is 4.14. The number of unbranched alkanes of at least 4 members (excludes halogenated alkanes) is 2. The number of hydrogen-bond acceptors (Lipinski definition) is 10. The number of rotatable bonds is 6. The van der Waals surface area contributed by atoms with Gasteiger partial charge in [0.1, 0.15) is 11.6 Å². The SMILES string of the molecule is Nc1nc(N)nc(CCCCCc2nc(N)nc(N)n2)n1. The van der Waals surface area contributed by atoms with Gasteiger partial charge in [-0.15, -0.1) is 0 Å². The van der Waals surface area contributed by atoms with Crippen LogP contribution < -0.4 is 22.9 Å². The van der Waals surface area contributed by atoms with Crippen molar-refractivity contribution >= 4 is 23.8 Å². The molecule has 8 N–H and O–H groups in total. The van der Waals surface area contributed by atoms with Crippen LogP contribution in [0, 0.1) is 0 Å². The van der Waals surface area contributed by atoms with E-state index in [-0.39, 0.29) is 23.8 Å². The molecule has 0 aliphatic rings. The zero-order chi connectivity index (χ0) is 15.2. The Hall–Kier alpha value is -2.78. The van der Waals surface area contributed by atoms with Crippen molar-refractivity contribution < 1.29 is 0 Å². The Kier molecular flexibility index (Phi) is 4.59. The van der Waals surface area contributed by atoms with Crippen molar-refractivity contribution in [3.05, 3.63) is 11.6 Å². The second-order valence-corrected chi connectivity index (χ2v) is 4.50. The lowest BCUT2D eigenvalue weighted by Crippen LogP contribution is -2.07. The molecular weight excluding hydrogens is 272 g/mol. The Labute approximate surface area is 121 Å². The molecule has 0 aliphatic carbocycles. The first-order valence-corrected chi connectivity index (χ1v) is 6.55. The van der Waals surface area contributed by atoms with E-state index in [0.717, 1.165) is 19.3 Å². The maximum Gasteiger partial charge on any atom is 0.225 e. The van der Waals surface area contributed by atoms with Crippen LogP contribution in [0.15, 0.2) is 0 Å². The van der Waals surface area contributed by atoms with Crippen molar-refractivity contribution in [2.45, 2.75) is 32.1 Å². The number of nitrogens with zero attached hydrogens (tertiary/aromatic N) is 6. The minimum atomic E-state index is 0.147. The number of hydrogen-bond donors (Lipinski definition) is 4. The molecule has 0 saturated heterocycles. The summed E-state index contributed by atoms with van der Waals surface area (Å²) >= 11 is 0. The van der Waals surface area contributed by atoms with E-state index in [2.05, 4.69) is 29.9 Å². The second kappa shape index (κ2) is 6.59. The minimum absolute atomic E-state index is 0.147. The fourth-order valence-corrected chi connectivity index (χ4v) is 1.88. The Bertz CT molecular complexity index is 520. The van der Waals surface area contributed by atoms with Crippen LogP contribution in [0.25, 0.3) is 0 Å². The molecule has 0 amide bonds. The van der Waals surface area contributed by atoms with Crippen LogP contribution >= 0.6 is 0 Å². The van der Waals surface area contributed by atoms with Crippen LogP contribution in [0.5, 0.6) is 0 Å². The lowest BCUT2D eigenvalue weighted by molar-refractivity contribution is 0.647. The summed E-state index contributed by atoms with van der Waals surface area (Å²) in [4.78, 5) is 23.5. The Balaban J connectivity index is 1.74. The third-order valence-electron chi connectivity index (χ3n) is 2.73. The molecule has 0 saturated carbocycles. The Morgan fingerprint density at radius 3 is 1.14 bits per heavy atom. The molecule has 10 nitrogen and oxygen atoms in total. The van der Waals surface area contributed by atoms with Crippen LogP contribution in [0.1, 0.15) is 30.9 Å². The third-order valence-corrected chi connectivity index (χ3v) is 2.73. The van der Waals surface area contributed by atoms with Crippen LogP contribution in [0.4, 0.5) is 23.8 Å². The molecule has 0 aromatic carbocycles. The molecule has 2 rings (SSSR count). The van der Waals surface area contributed by atoms with Gasteiger partial charge in [0.15, 0.2) is 0 Å². The Morgan fingerprint density at radius 2 is 0.810 bits per heavy atom. The predicted molar refractivity (Wildman–Crippen MR) is 78.6 cm³/mol. The lowest BCUT2D eigenvalue weighted by atomic mass is 10.1. The molecule has 0 spiro atoms. The van der Waals surface area contributed by atoms with Crippen LogP contribution in [0.2, 0.25) is 0 Å². The van der Waals surface area contributed by atoms with E-state index < -0.39 is 0 Å². The molecule has 0 atom stereocenters. The standard InChI is InChI=1S/C11H18N10/c12-8-16-6(17-9(13)20-8)4-2-1-3-5-7-18-10(14)21-11(15)19-7/h1-5H2,(H4,12,13,16,17,20)(H4,14,15,18,19,21). The molecule has 0 fully saturated rings. The van der Waals surface area contributed by atoms with Crippen molar-refractivity contribution in [1.29, 1.82) is 0 Å². The van der Waals surface area contributed by atoms with E-state index in [4.69, 9.17) is 22.9 Å². The second-order valence-electron chi connectivity index (χ2n) is 4.50. The van der Waals surface area contributed by atoms with E-state index in [9.17, 15) is 0 Å². The quantitative estimate of drug-likeness (QED) is 0.498. The maximum absolute atomic E-state index is 5.51. The fourth-order valence-electron chi connectivity index (χ4n) is 1.88. The van der Waals surface area contributed by atoms with Gasteiger partial charge in [-0.3, -0.25) is 0 Å². The van der Waals surface area contributed by atoms with Gasteiger partial charge in [0.25, 0.3) is 0 Å². The number of aromatic nitrogens is 6. The van der Waals surface area contributed by atoms with Gasteiger partial charge >= 0.3 is 0 Å². The number of nitrogen functional groups attached to an aromatic ring is 4. The number of anilines is 4. The highest BCUT2D eigenvalue weighted by Gasteiger charge is 2.04. The lowest BCUT2D eigenvalue weighted by Gasteiger charge is -2.03. The van der Waals surface area contributed by atoms with Gasteiger partial charge in [0, 0.05) is 12.8 Å². The number of aryl methyl sites for hydroxylation is 2. The van der Waals surface area contributed by atoms with Crippen molar-refractivity contribution in [3.63, 3.8) is 0 Å². The average Bonchev–Trinajstić information content (AvgIpc) is 2.36. The molecule has 2 aromatic rings. The van der Waals surface area contributed by atoms with Gasteiger partial charge < -0.3 is 22.9 Å². The topological polar surface area (TPSA) is 181 Å². The predicted octanol–water partition coefficient (Wildman–Crippen LogP) is -0.659. The van der Waals surface area contributed by atoms with Gasteiger partial charge in [-0.25, -0.2) is 0 Å². The smallest absolute Gasteiger partial charge is 0.225 e. The van der Waals surface area contributed by atoms with Crippen molar-refractivity contribution in [3.8, 4) is 0 Å². The maximum atomic E-state index is 5.51. The van der Waals surface area contributed by atoms with Gasteiger partial charge in [0.05, 0.1) is 0 Å². The van der Waals surface area contributed by atoms with E-state index >= 15 is 0 Å². The zero-order valence-corrected chi connectivity index (χ0v) is 11.5. The van der Waals surface area contributed by atoms with E-state index in [1.165, 1.54) is 0 Å². The first-order valence-electron chi connectivity index (χ1n) is 6.55. The van der Waals surface area contributed by atoms with E-state index in [0.29, 0.717) is 24.5 Å². The summed E-state index contributed by atoms with van der Waals surface area (Å²) in [5, 5.41) is 0. The Morgan fingerprint density at radius 1 is 0.476 bits per heavy atom. The van der Waals surface area contributed by atoms with Crippen molar-refractivity contribution in [1.82, 2.24) is 29.9 Å². The monoisotopic (exact) mass is 290 g/mol. The number of nitrogens with two attached hydrogens (primary N) is 4. The molecule has 0 radical (unpaired) electrons. The summed E-state index contributed by atoms with van der Waals surface area (Å²) in [5.41, 5.74) is 22.0. The molecule has 112 valence electrons. The highest BCUT2D eigenvalue weighted by molar-refractivity contribution is 5.26. The summed E-state index contributed by atoms with van der Waals surface area (Å²) in [5.74, 6) is 1.80. The van der Waals surface area contributed by atoms with Crippen LogP contribution in [-0.2, 0) is 12.8 Å². The normalized spacial score (nSPS) is 10.7. The van der Waals surface area contributed by atoms with E-state index in [1.54, 1.807) is 0 Å². The third kappa shape index (κ3) is 4.67. The summed E-state index contributed by atoms with van der Waals surface area (Å²) < 4.78 is 0. The van der Waals surface area contributed by atoms with E-state index in [1.807, 2.05) is 0 Å². The minimum Gasteiger partial charge on any atom is -0.368 e. The van der Waals surface area contributed by atoms with Gasteiger partial charge in [0.2, 0.25) is 23.8 Å². The highest BCUT2D eigenvalue weighted by Crippen LogP contribution is 2.08.